The maximum absolute atomic E-state index is 13.4. The average molecular weight is 307 g/mol. The molecule has 2 aromatic carbocycles. The van der Waals surface area contributed by atoms with Gasteiger partial charge in [-0.05, 0) is 42.5 Å². The lowest BCUT2D eigenvalue weighted by Crippen LogP contribution is -2.11. The summed E-state index contributed by atoms with van der Waals surface area (Å²) in [6.07, 6.45) is 2.19. The van der Waals surface area contributed by atoms with Crippen LogP contribution in [0.3, 0.4) is 0 Å². The highest BCUT2D eigenvalue weighted by Crippen LogP contribution is 2.35. The van der Waals surface area contributed by atoms with Crippen molar-refractivity contribution in [3.8, 4) is 5.75 Å². The van der Waals surface area contributed by atoms with Gasteiger partial charge in [-0.25, -0.2) is 4.39 Å². The fourth-order valence-electron chi connectivity index (χ4n) is 2.74. The number of ether oxygens (including phenoxy) is 1. The molecule has 0 saturated heterocycles. The third kappa shape index (κ3) is 2.89. The zero-order chi connectivity index (χ0) is 14.8. The molecule has 2 nitrogen and oxygen atoms in total. The first-order valence-electron chi connectivity index (χ1n) is 7.02. The van der Waals surface area contributed by atoms with Crippen molar-refractivity contribution in [3.05, 3.63) is 63.9 Å². The van der Waals surface area contributed by atoms with Gasteiger partial charge in [0.15, 0.2) is 0 Å². The molecule has 0 fully saturated rings. The van der Waals surface area contributed by atoms with Gasteiger partial charge in [0.2, 0.25) is 0 Å². The van der Waals surface area contributed by atoms with E-state index in [9.17, 15) is 9.50 Å². The maximum Gasteiger partial charge on any atom is 0.142 e. The van der Waals surface area contributed by atoms with Gasteiger partial charge < -0.3 is 9.84 Å². The first-order chi connectivity index (χ1) is 10.2. The van der Waals surface area contributed by atoms with Crippen molar-refractivity contribution in [1.82, 2.24) is 0 Å². The Morgan fingerprint density at radius 3 is 2.90 bits per heavy atom. The van der Waals surface area contributed by atoms with Crippen LogP contribution in [0.15, 0.2) is 36.4 Å². The Kier molecular flexibility index (Phi) is 4.13. The summed E-state index contributed by atoms with van der Waals surface area (Å²) in [7, 11) is 0. The van der Waals surface area contributed by atoms with E-state index in [2.05, 4.69) is 0 Å². The Morgan fingerprint density at radius 2 is 2.05 bits per heavy atom. The van der Waals surface area contributed by atoms with E-state index in [1.807, 2.05) is 18.2 Å². The van der Waals surface area contributed by atoms with Crippen LogP contribution in [-0.4, -0.2) is 5.11 Å². The first-order valence-corrected chi connectivity index (χ1v) is 7.40. The van der Waals surface area contributed by atoms with Crippen molar-refractivity contribution >= 4 is 11.6 Å². The second kappa shape index (κ2) is 6.04. The van der Waals surface area contributed by atoms with E-state index < -0.39 is 11.9 Å². The Hall–Kier alpha value is -1.58. The predicted molar refractivity (Wildman–Crippen MR) is 80.1 cm³/mol. The molecule has 0 bridgehead atoms. The highest BCUT2D eigenvalue weighted by molar-refractivity contribution is 6.31. The van der Waals surface area contributed by atoms with Crippen molar-refractivity contribution in [2.75, 3.05) is 0 Å². The van der Waals surface area contributed by atoms with Crippen molar-refractivity contribution in [2.24, 2.45) is 0 Å². The van der Waals surface area contributed by atoms with E-state index in [1.165, 1.54) is 6.07 Å². The molecule has 1 atom stereocenters. The summed E-state index contributed by atoms with van der Waals surface area (Å²) in [5, 5.41) is 10.1. The number of fused-ring (bicyclic) bond motifs is 1. The smallest absolute Gasteiger partial charge is 0.142 e. The summed E-state index contributed by atoms with van der Waals surface area (Å²) >= 11 is 5.93. The van der Waals surface area contributed by atoms with Crippen LogP contribution in [0.25, 0.3) is 0 Å². The number of hydrogen-bond donors (Lipinski definition) is 1. The molecule has 2 aromatic rings. The van der Waals surface area contributed by atoms with Crippen LogP contribution >= 0.6 is 11.6 Å². The highest BCUT2D eigenvalue weighted by atomic mass is 35.5. The quantitative estimate of drug-likeness (QED) is 0.909. The summed E-state index contributed by atoms with van der Waals surface area (Å²) in [5.74, 6) is 0.301. The van der Waals surface area contributed by atoms with Gasteiger partial charge in [-0.15, -0.1) is 0 Å². The minimum Gasteiger partial charge on any atom is -0.489 e. The van der Waals surface area contributed by atoms with E-state index in [0.29, 0.717) is 5.56 Å². The molecule has 0 aliphatic heterocycles. The van der Waals surface area contributed by atoms with Gasteiger partial charge in [0.1, 0.15) is 18.2 Å². The van der Waals surface area contributed by atoms with Gasteiger partial charge in [-0.1, -0.05) is 35.9 Å². The zero-order valence-electron chi connectivity index (χ0n) is 11.5. The third-order valence-corrected chi connectivity index (χ3v) is 4.27. The van der Waals surface area contributed by atoms with Crippen LogP contribution in [0.2, 0.25) is 5.02 Å². The Bertz CT molecular complexity index is 657. The molecule has 110 valence electrons. The van der Waals surface area contributed by atoms with E-state index in [1.54, 1.807) is 12.1 Å². The van der Waals surface area contributed by atoms with E-state index >= 15 is 0 Å². The van der Waals surface area contributed by atoms with Crippen LogP contribution in [0, 0.1) is 5.82 Å². The molecule has 0 saturated carbocycles. The number of aliphatic hydroxyl groups is 1. The second-order valence-electron chi connectivity index (χ2n) is 5.23. The molecule has 0 amide bonds. The van der Waals surface area contributed by atoms with Gasteiger partial charge in [-0.3, -0.25) is 0 Å². The fraction of sp³-hybridized carbons (Fsp3) is 0.294. The topological polar surface area (TPSA) is 29.5 Å². The SMILES string of the molecule is OC1CCCc2c(OCc3cccc(F)c3Cl)cccc21. The Morgan fingerprint density at radius 1 is 1.24 bits per heavy atom. The highest BCUT2D eigenvalue weighted by Gasteiger charge is 2.21. The van der Waals surface area contributed by atoms with Crippen LogP contribution in [0.4, 0.5) is 4.39 Å². The van der Waals surface area contributed by atoms with Crippen LogP contribution < -0.4 is 4.74 Å². The molecule has 0 radical (unpaired) electrons. The van der Waals surface area contributed by atoms with Gasteiger partial charge in [-0.2, -0.15) is 0 Å². The van der Waals surface area contributed by atoms with E-state index in [0.717, 1.165) is 36.1 Å². The summed E-state index contributed by atoms with van der Waals surface area (Å²) in [5.41, 5.74) is 2.60. The van der Waals surface area contributed by atoms with Crippen molar-refractivity contribution in [3.63, 3.8) is 0 Å². The molecule has 3 rings (SSSR count). The lowest BCUT2D eigenvalue weighted by molar-refractivity contribution is 0.155. The van der Waals surface area contributed by atoms with Crippen molar-refractivity contribution in [1.29, 1.82) is 0 Å². The van der Waals surface area contributed by atoms with Crippen molar-refractivity contribution < 1.29 is 14.2 Å². The molecule has 0 aromatic heterocycles. The van der Waals surface area contributed by atoms with Gasteiger partial charge in [0.25, 0.3) is 0 Å². The summed E-state index contributed by atoms with van der Waals surface area (Å²) < 4.78 is 19.2. The molecule has 1 aliphatic rings. The average Bonchev–Trinajstić information content (AvgIpc) is 2.49. The lowest BCUT2D eigenvalue weighted by atomic mass is 9.89. The van der Waals surface area contributed by atoms with Crippen LogP contribution in [0.1, 0.15) is 35.6 Å². The van der Waals surface area contributed by atoms with E-state index in [4.69, 9.17) is 16.3 Å². The molecular formula is C17H16ClFO2. The molecular weight excluding hydrogens is 291 g/mol. The lowest BCUT2D eigenvalue weighted by Gasteiger charge is -2.23. The third-order valence-electron chi connectivity index (χ3n) is 3.85. The van der Waals surface area contributed by atoms with Gasteiger partial charge >= 0.3 is 0 Å². The fourth-order valence-corrected chi connectivity index (χ4v) is 2.92. The summed E-state index contributed by atoms with van der Waals surface area (Å²) in [6.45, 7) is 0.211. The standard InChI is InChI=1S/C17H16ClFO2/c18-17-11(4-1-7-14(17)19)10-21-16-9-3-5-12-13(16)6-2-8-15(12)20/h1,3-5,7,9,15,20H,2,6,8,10H2. The summed E-state index contributed by atoms with van der Waals surface area (Å²) in [6, 6.07) is 10.4. The monoisotopic (exact) mass is 306 g/mol. The minimum absolute atomic E-state index is 0.0994. The van der Waals surface area contributed by atoms with Gasteiger partial charge in [0.05, 0.1) is 11.1 Å². The second-order valence-corrected chi connectivity index (χ2v) is 5.61. The maximum atomic E-state index is 13.4. The van der Waals surface area contributed by atoms with Crippen molar-refractivity contribution in [2.45, 2.75) is 32.0 Å². The number of hydrogen-bond acceptors (Lipinski definition) is 2. The molecule has 1 N–H and O–H groups in total. The first kappa shape index (κ1) is 14.4. The van der Waals surface area contributed by atoms with E-state index in [-0.39, 0.29) is 11.6 Å². The zero-order valence-corrected chi connectivity index (χ0v) is 12.2. The van der Waals surface area contributed by atoms with Crippen LogP contribution in [-0.2, 0) is 13.0 Å². The summed E-state index contributed by atoms with van der Waals surface area (Å²) in [4.78, 5) is 0. The Balaban J connectivity index is 1.83. The molecule has 21 heavy (non-hydrogen) atoms. The van der Waals surface area contributed by atoms with Gasteiger partial charge in [0, 0.05) is 5.56 Å². The Labute approximate surface area is 128 Å². The number of halogens is 2. The normalized spacial score (nSPS) is 17.4. The minimum atomic E-state index is -0.441. The largest absolute Gasteiger partial charge is 0.489 e. The molecule has 1 unspecified atom stereocenters. The predicted octanol–water partition coefficient (Wildman–Crippen LogP) is 4.43. The molecule has 0 spiro atoms. The molecule has 4 heteroatoms. The van der Waals surface area contributed by atoms with Crippen LogP contribution in [0.5, 0.6) is 5.75 Å². The molecule has 0 heterocycles. The number of benzene rings is 2. The molecule has 1 aliphatic carbocycles. The number of aliphatic hydroxyl groups excluding tert-OH is 1. The number of rotatable bonds is 3.